The van der Waals surface area contributed by atoms with Gasteiger partial charge >= 0.3 is 0 Å². The smallest absolute Gasteiger partial charge is 0.145 e. The first-order valence-electron chi connectivity index (χ1n) is 6.67. The number of nitrogens with zero attached hydrogens (tertiary/aromatic N) is 2. The Hall–Kier alpha value is -2.01. The predicted molar refractivity (Wildman–Crippen MR) is 86.6 cm³/mol. The number of aromatic nitrogens is 2. The van der Waals surface area contributed by atoms with Gasteiger partial charge < -0.3 is 14.8 Å². The van der Waals surface area contributed by atoms with Gasteiger partial charge in [0.05, 0.1) is 16.6 Å². The van der Waals surface area contributed by atoms with Crippen molar-refractivity contribution in [1.82, 2.24) is 9.55 Å². The average molecular weight is 347 g/mol. The maximum absolute atomic E-state index is 10.1. The van der Waals surface area contributed by atoms with Gasteiger partial charge in [-0.1, -0.05) is 15.9 Å². The first kappa shape index (κ1) is 13.9. The lowest BCUT2D eigenvalue weighted by Crippen LogP contribution is -2.03. The van der Waals surface area contributed by atoms with Crippen molar-refractivity contribution >= 4 is 27.0 Å². The third-order valence-corrected chi connectivity index (χ3v) is 3.88. The van der Waals surface area contributed by atoms with Crippen LogP contribution < -0.4 is 0 Å². The Morgan fingerprint density at radius 1 is 1.10 bits per heavy atom. The Kier molecular flexibility index (Phi) is 3.37. The molecule has 1 heterocycles. The van der Waals surface area contributed by atoms with Crippen LogP contribution in [0.2, 0.25) is 0 Å². The molecule has 2 aromatic carbocycles. The zero-order valence-electron chi connectivity index (χ0n) is 11.7. The minimum Gasteiger partial charge on any atom is -0.508 e. The molecule has 0 aliphatic carbocycles. The third kappa shape index (κ3) is 2.38. The van der Waals surface area contributed by atoms with Crippen LogP contribution in [-0.2, 0) is 0 Å². The molecule has 0 bridgehead atoms. The van der Waals surface area contributed by atoms with Crippen molar-refractivity contribution in [2.75, 3.05) is 0 Å². The first-order chi connectivity index (χ1) is 9.97. The fourth-order valence-corrected chi connectivity index (χ4v) is 2.84. The van der Waals surface area contributed by atoms with Crippen molar-refractivity contribution in [3.05, 3.63) is 40.9 Å². The molecule has 0 saturated heterocycles. The summed E-state index contributed by atoms with van der Waals surface area (Å²) in [4.78, 5) is 4.63. The number of benzene rings is 2. The minimum atomic E-state index is 0.101. The van der Waals surface area contributed by atoms with Crippen LogP contribution in [0, 0.1) is 0 Å². The number of rotatable bonds is 2. The van der Waals surface area contributed by atoms with Gasteiger partial charge in [0.25, 0.3) is 0 Å². The zero-order chi connectivity index (χ0) is 15.1. The summed E-state index contributed by atoms with van der Waals surface area (Å²) in [6.07, 6.45) is 0. The topological polar surface area (TPSA) is 58.3 Å². The van der Waals surface area contributed by atoms with E-state index < -0.39 is 0 Å². The zero-order valence-corrected chi connectivity index (χ0v) is 13.3. The molecular formula is C16H15BrN2O2. The van der Waals surface area contributed by atoms with Gasteiger partial charge in [0.1, 0.15) is 17.3 Å². The van der Waals surface area contributed by atoms with E-state index in [4.69, 9.17) is 0 Å². The summed E-state index contributed by atoms with van der Waals surface area (Å²) in [6, 6.07) is 10.5. The van der Waals surface area contributed by atoms with Gasteiger partial charge in [0.15, 0.2) is 0 Å². The first-order valence-corrected chi connectivity index (χ1v) is 7.46. The maximum atomic E-state index is 10.1. The summed E-state index contributed by atoms with van der Waals surface area (Å²) in [5.41, 5.74) is 2.36. The average Bonchev–Trinajstić information content (AvgIpc) is 2.79. The van der Waals surface area contributed by atoms with E-state index >= 15 is 0 Å². The van der Waals surface area contributed by atoms with E-state index in [0.29, 0.717) is 11.4 Å². The molecule has 0 atom stereocenters. The van der Waals surface area contributed by atoms with Crippen LogP contribution in [0.1, 0.15) is 19.9 Å². The van der Waals surface area contributed by atoms with Crippen molar-refractivity contribution in [2.24, 2.45) is 0 Å². The van der Waals surface area contributed by atoms with Crippen LogP contribution in [0.4, 0.5) is 0 Å². The number of halogens is 1. The minimum absolute atomic E-state index is 0.101. The Morgan fingerprint density at radius 2 is 1.86 bits per heavy atom. The second-order valence-electron chi connectivity index (χ2n) is 5.23. The van der Waals surface area contributed by atoms with Crippen LogP contribution in [0.3, 0.4) is 0 Å². The van der Waals surface area contributed by atoms with E-state index in [9.17, 15) is 10.2 Å². The Bertz CT molecular complexity index is 825. The standard InChI is InChI=1S/C16H15BrN2O2/c1-9(2)19-14-5-3-10(17)7-13(14)18-16(19)12-8-11(20)4-6-15(12)21/h3-9,20-21H,1-2H3. The molecule has 0 spiro atoms. The molecular weight excluding hydrogens is 332 g/mol. The summed E-state index contributed by atoms with van der Waals surface area (Å²) in [7, 11) is 0. The molecule has 0 aliphatic rings. The van der Waals surface area contributed by atoms with Gasteiger partial charge in [0, 0.05) is 10.5 Å². The molecule has 1 aromatic heterocycles. The van der Waals surface area contributed by atoms with Crippen LogP contribution >= 0.6 is 15.9 Å². The molecule has 2 N–H and O–H groups in total. The molecule has 0 unspecified atom stereocenters. The molecule has 0 amide bonds. The molecule has 0 saturated carbocycles. The number of phenols is 2. The van der Waals surface area contributed by atoms with E-state index in [1.54, 1.807) is 0 Å². The lowest BCUT2D eigenvalue weighted by molar-refractivity contribution is 0.461. The van der Waals surface area contributed by atoms with Crippen molar-refractivity contribution in [1.29, 1.82) is 0 Å². The molecule has 0 radical (unpaired) electrons. The summed E-state index contributed by atoms with van der Waals surface area (Å²) >= 11 is 3.45. The second-order valence-corrected chi connectivity index (χ2v) is 6.15. The number of phenolic OH excluding ortho intramolecular Hbond substituents is 2. The van der Waals surface area contributed by atoms with E-state index in [0.717, 1.165) is 15.5 Å². The SMILES string of the molecule is CC(C)n1c(-c2cc(O)ccc2O)nc2cc(Br)ccc21. The summed E-state index contributed by atoms with van der Waals surface area (Å²) in [6.45, 7) is 4.12. The summed E-state index contributed by atoms with van der Waals surface area (Å²) in [5.74, 6) is 0.849. The second kappa shape index (κ2) is 5.07. The quantitative estimate of drug-likeness (QED) is 0.673. The van der Waals surface area contributed by atoms with Gasteiger partial charge in [-0.2, -0.15) is 0 Å². The largest absolute Gasteiger partial charge is 0.508 e. The summed E-state index contributed by atoms with van der Waals surface area (Å²) in [5, 5.41) is 19.8. The fraction of sp³-hybridized carbons (Fsp3) is 0.188. The van der Waals surface area contributed by atoms with E-state index in [-0.39, 0.29) is 17.5 Å². The van der Waals surface area contributed by atoms with Gasteiger partial charge in [-0.25, -0.2) is 4.98 Å². The lowest BCUT2D eigenvalue weighted by atomic mass is 10.1. The highest BCUT2D eigenvalue weighted by atomic mass is 79.9. The van der Waals surface area contributed by atoms with Crippen LogP contribution in [0.15, 0.2) is 40.9 Å². The molecule has 3 rings (SSSR count). The predicted octanol–water partition coefficient (Wildman–Crippen LogP) is 4.46. The highest BCUT2D eigenvalue weighted by Gasteiger charge is 2.18. The Balaban J connectivity index is 2.36. The fourth-order valence-electron chi connectivity index (χ4n) is 2.49. The van der Waals surface area contributed by atoms with Gasteiger partial charge in [-0.15, -0.1) is 0 Å². The van der Waals surface area contributed by atoms with E-state index in [1.807, 2.05) is 18.2 Å². The number of fused-ring (bicyclic) bond motifs is 1. The highest BCUT2D eigenvalue weighted by molar-refractivity contribution is 9.10. The molecule has 108 valence electrons. The molecule has 4 nitrogen and oxygen atoms in total. The monoisotopic (exact) mass is 346 g/mol. The maximum Gasteiger partial charge on any atom is 0.145 e. The van der Waals surface area contributed by atoms with Crippen molar-refractivity contribution in [3.8, 4) is 22.9 Å². The van der Waals surface area contributed by atoms with E-state index in [1.165, 1.54) is 18.2 Å². The van der Waals surface area contributed by atoms with Crippen LogP contribution in [0.5, 0.6) is 11.5 Å². The van der Waals surface area contributed by atoms with Crippen molar-refractivity contribution in [2.45, 2.75) is 19.9 Å². The number of hydrogen-bond donors (Lipinski definition) is 2. The Morgan fingerprint density at radius 3 is 2.57 bits per heavy atom. The van der Waals surface area contributed by atoms with Crippen LogP contribution in [0.25, 0.3) is 22.4 Å². The molecule has 5 heteroatoms. The normalized spacial score (nSPS) is 11.4. The van der Waals surface area contributed by atoms with Gasteiger partial charge in [-0.3, -0.25) is 0 Å². The summed E-state index contributed by atoms with van der Waals surface area (Å²) < 4.78 is 3.01. The Labute approximate surface area is 130 Å². The number of hydrogen-bond acceptors (Lipinski definition) is 3. The molecule has 3 aromatic rings. The number of aromatic hydroxyl groups is 2. The molecule has 21 heavy (non-hydrogen) atoms. The third-order valence-electron chi connectivity index (χ3n) is 3.39. The highest BCUT2D eigenvalue weighted by Crippen LogP contribution is 2.36. The number of imidazole rings is 1. The molecule has 0 aliphatic heterocycles. The van der Waals surface area contributed by atoms with Crippen molar-refractivity contribution < 1.29 is 10.2 Å². The van der Waals surface area contributed by atoms with Gasteiger partial charge in [0.2, 0.25) is 0 Å². The van der Waals surface area contributed by atoms with E-state index in [2.05, 4.69) is 39.3 Å². The van der Waals surface area contributed by atoms with Crippen molar-refractivity contribution in [3.63, 3.8) is 0 Å². The molecule has 0 fully saturated rings. The van der Waals surface area contributed by atoms with Gasteiger partial charge in [-0.05, 0) is 50.2 Å². The van der Waals surface area contributed by atoms with Crippen LogP contribution in [-0.4, -0.2) is 19.8 Å². The lowest BCUT2D eigenvalue weighted by Gasteiger charge is -2.14.